The number of nitrogens with one attached hydrogen (secondary N) is 2. The smallest absolute Gasteiger partial charge is 0.0465 e. The normalized spacial score (nSPS) is 18.9. The molecule has 0 unspecified atom stereocenters. The molecule has 0 aliphatic carbocycles. The number of aryl methyl sites for hydroxylation is 1. The van der Waals surface area contributed by atoms with E-state index >= 15 is 0 Å². The van der Waals surface area contributed by atoms with E-state index in [9.17, 15) is 0 Å². The molecule has 5 rings (SSSR count). The average molecular weight is 460 g/mol. The van der Waals surface area contributed by atoms with E-state index in [1.165, 1.54) is 79.0 Å². The summed E-state index contributed by atoms with van der Waals surface area (Å²) in [5.74, 6) is 0. The highest BCUT2D eigenvalue weighted by Crippen LogP contribution is 2.29. The van der Waals surface area contributed by atoms with Crippen molar-refractivity contribution in [1.82, 2.24) is 20.1 Å². The molecule has 0 spiro atoms. The van der Waals surface area contributed by atoms with Crippen molar-refractivity contribution in [2.75, 3.05) is 57.3 Å². The first-order valence-corrected chi connectivity index (χ1v) is 13.2. The third kappa shape index (κ3) is 5.48. The third-order valence-electron chi connectivity index (χ3n) is 7.79. The van der Waals surface area contributed by atoms with E-state index in [2.05, 4.69) is 94.3 Å². The van der Waals surface area contributed by atoms with E-state index in [0.29, 0.717) is 12.1 Å². The van der Waals surface area contributed by atoms with Gasteiger partial charge in [-0.05, 0) is 69.5 Å². The lowest BCUT2D eigenvalue weighted by atomic mass is 10.0. The minimum atomic E-state index is 0.647. The summed E-state index contributed by atoms with van der Waals surface area (Å²) in [6.07, 6.45) is 2.44. The average Bonchev–Trinajstić information content (AvgIpc) is 3.28. The molecule has 5 nitrogen and oxygen atoms in total. The number of aromatic nitrogens is 1. The molecule has 0 amide bonds. The fourth-order valence-electron chi connectivity index (χ4n) is 5.55. The zero-order chi connectivity index (χ0) is 23.5. The Labute approximate surface area is 205 Å². The first-order valence-electron chi connectivity index (χ1n) is 13.2. The number of benzene rings is 2. The number of piperidine rings is 1. The van der Waals surface area contributed by atoms with Crippen LogP contribution in [0.5, 0.6) is 0 Å². The molecule has 34 heavy (non-hydrogen) atoms. The Morgan fingerprint density at radius 3 is 2.50 bits per heavy atom. The molecule has 3 aromatic rings. The van der Waals surface area contributed by atoms with E-state index in [-0.39, 0.29) is 0 Å². The summed E-state index contributed by atoms with van der Waals surface area (Å²) in [6, 6.07) is 19.2. The van der Waals surface area contributed by atoms with Crippen LogP contribution in [0.25, 0.3) is 22.2 Å². The Bertz CT molecular complexity index is 1070. The molecule has 1 aromatic heterocycles. The van der Waals surface area contributed by atoms with Crippen LogP contribution >= 0.6 is 0 Å². The quantitative estimate of drug-likeness (QED) is 0.536. The lowest BCUT2D eigenvalue weighted by Crippen LogP contribution is -2.51. The van der Waals surface area contributed by atoms with Crippen LogP contribution in [0.15, 0.2) is 48.5 Å². The van der Waals surface area contributed by atoms with E-state index in [1.54, 1.807) is 0 Å². The maximum atomic E-state index is 3.84. The SMILES string of the molecule is Cc1ccc2[nH]c(-c3cccc(N4CCC(NCCN5CCN(C(C)C)CC5)CC4)c3)cc2c1. The molecule has 182 valence electrons. The van der Waals surface area contributed by atoms with Crippen molar-refractivity contribution in [3.8, 4) is 11.3 Å². The number of fused-ring (bicyclic) bond motifs is 1. The Kier molecular flexibility index (Phi) is 7.23. The highest BCUT2D eigenvalue weighted by Gasteiger charge is 2.21. The van der Waals surface area contributed by atoms with Crippen molar-refractivity contribution in [3.05, 3.63) is 54.1 Å². The first-order chi connectivity index (χ1) is 16.5. The van der Waals surface area contributed by atoms with Gasteiger partial charge in [0.05, 0.1) is 0 Å². The molecule has 0 atom stereocenters. The van der Waals surface area contributed by atoms with Gasteiger partial charge in [-0.3, -0.25) is 9.80 Å². The predicted octanol–water partition coefficient (Wildman–Crippen LogP) is 4.73. The molecule has 2 aliphatic rings. The van der Waals surface area contributed by atoms with Crippen molar-refractivity contribution in [2.45, 2.75) is 45.7 Å². The minimum absolute atomic E-state index is 0.647. The summed E-state index contributed by atoms with van der Waals surface area (Å²) in [4.78, 5) is 11.4. The zero-order valence-corrected chi connectivity index (χ0v) is 21.2. The second kappa shape index (κ2) is 10.5. The summed E-state index contributed by atoms with van der Waals surface area (Å²) in [5.41, 5.74) is 6.32. The molecule has 2 N–H and O–H groups in total. The molecular weight excluding hydrogens is 418 g/mol. The summed E-state index contributed by atoms with van der Waals surface area (Å²) in [7, 11) is 0. The standard InChI is InChI=1S/C29H41N5/c1-22(2)33-17-15-32(16-18-33)14-11-30-26-9-12-34(13-10-26)27-6-4-5-24(20-27)29-21-25-19-23(3)7-8-28(25)31-29/h4-8,19-22,26,30-31H,9-18H2,1-3H3. The maximum absolute atomic E-state index is 3.84. The van der Waals surface area contributed by atoms with Crippen LogP contribution in [0.4, 0.5) is 5.69 Å². The van der Waals surface area contributed by atoms with Crippen molar-refractivity contribution in [3.63, 3.8) is 0 Å². The number of H-pyrrole nitrogens is 1. The van der Waals surface area contributed by atoms with Crippen LogP contribution in [0, 0.1) is 6.92 Å². The van der Waals surface area contributed by atoms with E-state index in [4.69, 9.17) is 0 Å². The Morgan fingerprint density at radius 2 is 1.74 bits per heavy atom. The third-order valence-corrected chi connectivity index (χ3v) is 7.79. The van der Waals surface area contributed by atoms with Crippen molar-refractivity contribution in [1.29, 1.82) is 0 Å². The van der Waals surface area contributed by atoms with Crippen molar-refractivity contribution < 1.29 is 0 Å². The molecule has 3 heterocycles. The van der Waals surface area contributed by atoms with Gasteiger partial charge in [0.2, 0.25) is 0 Å². The van der Waals surface area contributed by atoms with Crippen LogP contribution in [0.3, 0.4) is 0 Å². The highest BCUT2D eigenvalue weighted by atomic mass is 15.3. The van der Waals surface area contributed by atoms with Gasteiger partial charge in [0.15, 0.2) is 0 Å². The predicted molar refractivity (Wildman–Crippen MR) is 145 cm³/mol. The van der Waals surface area contributed by atoms with Crippen LogP contribution in [-0.4, -0.2) is 79.2 Å². The molecule has 2 aromatic carbocycles. The Hall–Kier alpha value is -2.34. The molecule has 2 fully saturated rings. The molecule has 2 saturated heterocycles. The van der Waals surface area contributed by atoms with E-state index in [0.717, 1.165) is 19.6 Å². The molecule has 2 aliphatic heterocycles. The van der Waals surface area contributed by atoms with Crippen molar-refractivity contribution in [2.24, 2.45) is 0 Å². The first kappa shape index (κ1) is 23.4. The zero-order valence-electron chi connectivity index (χ0n) is 21.2. The summed E-state index contributed by atoms with van der Waals surface area (Å²) < 4.78 is 0. The second-order valence-electron chi connectivity index (χ2n) is 10.5. The van der Waals surface area contributed by atoms with Gasteiger partial charge >= 0.3 is 0 Å². The summed E-state index contributed by atoms with van der Waals surface area (Å²) in [5, 5.41) is 5.13. The molecule has 0 bridgehead atoms. The summed E-state index contributed by atoms with van der Waals surface area (Å²) in [6.45, 7) is 16.2. The van der Waals surface area contributed by atoms with Gasteiger partial charge in [0, 0.05) is 86.7 Å². The van der Waals surface area contributed by atoms with Gasteiger partial charge in [-0.15, -0.1) is 0 Å². The molecule has 5 heteroatoms. The maximum Gasteiger partial charge on any atom is 0.0465 e. The van der Waals surface area contributed by atoms with Crippen LogP contribution < -0.4 is 10.2 Å². The van der Waals surface area contributed by atoms with Gasteiger partial charge in [0.1, 0.15) is 0 Å². The fraction of sp³-hybridized carbons (Fsp3) is 0.517. The minimum Gasteiger partial charge on any atom is -0.371 e. The van der Waals surface area contributed by atoms with Crippen molar-refractivity contribution >= 4 is 16.6 Å². The second-order valence-corrected chi connectivity index (χ2v) is 10.5. The number of piperazine rings is 1. The largest absolute Gasteiger partial charge is 0.371 e. The molecule has 0 radical (unpaired) electrons. The topological polar surface area (TPSA) is 37.5 Å². The monoisotopic (exact) mass is 459 g/mol. The summed E-state index contributed by atoms with van der Waals surface area (Å²) >= 11 is 0. The Morgan fingerprint density at radius 1 is 0.941 bits per heavy atom. The van der Waals surface area contributed by atoms with Gasteiger partial charge in [-0.1, -0.05) is 23.8 Å². The number of aromatic amines is 1. The lowest BCUT2D eigenvalue weighted by Gasteiger charge is -2.37. The number of anilines is 1. The van der Waals surface area contributed by atoms with Crippen LogP contribution in [0.2, 0.25) is 0 Å². The van der Waals surface area contributed by atoms with Crippen LogP contribution in [0.1, 0.15) is 32.3 Å². The van der Waals surface area contributed by atoms with Gasteiger partial charge in [-0.25, -0.2) is 0 Å². The lowest BCUT2D eigenvalue weighted by molar-refractivity contribution is 0.108. The number of nitrogens with zero attached hydrogens (tertiary/aromatic N) is 3. The van der Waals surface area contributed by atoms with E-state index in [1.807, 2.05) is 0 Å². The fourth-order valence-corrected chi connectivity index (χ4v) is 5.55. The van der Waals surface area contributed by atoms with Crippen LogP contribution in [-0.2, 0) is 0 Å². The van der Waals surface area contributed by atoms with Gasteiger partial charge in [0.25, 0.3) is 0 Å². The molecular formula is C29H41N5. The van der Waals surface area contributed by atoms with Gasteiger partial charge < -0.3 is 15.2 Å². The number of hydrogen-bond acceptors (Lipinski definition) is 4. The van der Waals surface area contributed by atoms with Gasteiger partial charge in [-0.2, -0.15) is 0 Å². The van der Waals surface area contributed by atoms with E-state index < -0.39 is 0 Å². The number of hydrogen-bond donors (Lipinski definition) is 2. The number of rotatable bonds is 7. The Balaban J connectivity index is 1.10. The highest BCUT2D eigenvalue weighted by molar-refractivity contribution is 5.86. The molecule has 0 saturated carbocycles.